The lowest BCUT2D eigenvalue weighted by atomic mass is 9.37. The van der Waals surface area contributed by atoms with Crippen LogP contribution in [0.2, 0.25) is 0 Å². The first-order valence-electron chi connectivity index (χ1n) is 15.1. The molecule has 1 aromatic carbocycles. The molecule has 2 aliphatic heterocycles. The lowest BCUT2D eigenvalue weighted by Gasteiger charge is -2.70. The molecule has 4 fully saturated rings. The molecule has 3 saturated carbocycles. The highest BCUT2D eigenvalue weighted by Crippen LogP contribution is 2.69. The van der Waals surface area contributed by atoms with Gasteiger partial charge in [-0.2, -0.15) is 0 Å². The van der Waals surface area contributed by atoms with Gasteiger partial charge in [0.15, 0.2) is 35.8 Å². The van der Waals surface area contributed by atoms with Crippen LogP contribution in [0.25, 0.3) is 0 Å². The van der Waals surface area contributed by atoms with Crippen molar-refractivity contribution in [2.45, 2.75) is 96.6 Å². The molecule has 1 aromatic rings. The predicted molar refractivity (Wildman–Crippen MR) is 149 cm³/mol. The van der Waals surface area contributed by atoms with E-state index in [0.717, 1.165) is 0 Å². The number of Topliss-reactive ketones (excluding diaryl/α,β-unsaturated/α-hetero) is 1. The maximum atomic E-state index is 14.5. The predicted octanol–water partition coefficient (Wildman–Crippen LogP) is 2.96. The van der Waals surface area contributed by atoms with Crippen LogP contribution in [0.3, 0.4) is 0 Å². The smallest absolute Gasteiger partial charge is 0.338 e. The number of aliphatic hydroxyl groups is 1. The first-order chi connectivity index (χ1) is 20.7. The third kappa shape index (κ3) is 4.51. The van der Waals surface area contributed by atoms with Crippen molar-refractivity contribution >= 4 is 23.7 Å². The van der Waals surface area contributed by atoms with Gasteiger partial charge in [0.2, 0.25) is 6.79 Å². The van der Waals surface area contributed by atoms with Crippen LogP contribution < -0.4 is 9.47 Å². The molecule has 0 aromatic heterocycles. The number of carbonyl (C=O) groups is 4. The molecule has 12 heteroatoms. The van der Waals surface area contributed by atoms with Gasteiger partial charge in [-0.05, 0) is 50.3 Å². The van der Waals surface area contributed by atoms with Crippen molar-refractivity contribution in [3.63, 3.8) is 0 Å². The first-order valence-corrected chi connectivity index (χ1v) is 15.1. The van der Waals surface area contributed by atoms with Crippen LogP contribution in [-0.2, 0) is 38.1 Å². The average molecular weight is 617 g/mol. The number of ether oxygens (including phenoxy) is 7. The van der Waals surface area contributed by atoms with Crippen molar-refractivity contribution in [1.29, 1.82) is 0 Å². The van der Waals surface area contributed by atoms with E-state index in [1.165, 1.54) is 33.1 Å². The number of esters is 3. The Bertz CT molecular complexity index is 1370. The van der Waals surface area contributed by atoms with Gasteiger partial charge in [0.25, 0.3) is 0 Å². The standard InChI is InChI=1S/C32H40O12/c1-15(33)41-20-10-8-18-12-23-31(4)22(13-24(38-6)43-23)32(5,37)28(42-16(2)34)25(26(31)30(18,3)27(20)35)44-29(36)17-7-9-19-21(11-17)40-14-39-19/h7,9,11,18,20,22-26,28,37H,8,10,12-14H2,1-6H3/t18-,20+,22-,23-,24+,25+,26-,28-,30+,31-,32+/m1/s1. The Morgan fingerprint density at radius 2 is 1.66 bits per heavy atom. The molecule has 44 heavy (non-hydrogen) atoms. The Morgan fingerprint density at radius 3 is 2.34 bits per heavy atom. The normalized spacial score (nSPS) is 42.0. The first kappa shape index (κ1) is 30.8. The van der Waals surface area contributed by atoms with Gasteiger partial charge >= 0.3 is 17.9 Å². The third-order valence-corrected chi connectivity index (χ3v) is 11.1. The summed E-state index contributed by atoms with van der Waals surface area (Å²) in [6.45, 7) is 7.85. The second kappa shape index (κ2) is 10.7. The Labute approximate surface area is 255 Å². The van der Waals surface area contributed by atoms with Crippen molar-refractivity contribution in [3.05, 3.63) is 23.8 Å². The van der Waals surface area contributed by atoms with E-state index in [4.69, 9.17) is 33.2 Å². The van der Waals surface area contributed by atoms with E-state index in [0.29, 0.717) is 30.8 Å². The number of fused-ring (bicyclic) bond motifs is 3. The van der Waals surface area contributed by atoms with Crippen molar-refractivity contribution in [1.82, 2.24) is 0 Å². The van der Waals surface area contributed by atoms with E-state index in [1.54, 1.807) is 13.0 Å². The van der Waals surface area contributed by atoms with E-state index < -0.39 is 76.9 Å². The van der Waals surface area contributed by atoms with Gasteiger partial charge in [0, 0.05) is 50.0 Å². The Kier molecular flexibility index (Phi) is 7.49. The van der Waals surface area contributed by atoms with Gasteiger partial charge in [0.05, 0.1) is 11.7 Å². The zero-order chi connectivity index (χ0) is 31.8. The summed E-state index contributed by atoms with van der Waals surface area (Å²) in [6.07, 6.45) is -3.10. The highest BCUT2D eigenvalue weighted by atomic mass is 16.7. The van der Waals surface area contributed by atoms with Gasteiger partial charge in [-0.25, -0.2) is 4.79 Å². The monoisotopic (exact) mass is 616 g/mol. The fraction of sp³-hybridized carbons (Fsp3) is 0.688. The summed E-state index contributed by atoms with van der Waals surface area (Å²) in [7, 11) is 1.53. The molecule has 5 aliphatic rings. The molecule has 0 radical (unpaired) electrons. The molecule has 12 nitrogen and oxygen atoms in total. The quantitative estimate of drug-likeness (QED) is 0.382. The van der Waals surface area contributed by atoms with Gasteiger partial charge in [0.1, 0.15) is 11.7 Å². The average Bonchev–Trinajstić information content (AvgIpc) is 3.43. The maximum absolute atomic E-state index is 14.5. The fourth-order valence-corrected chi connectivity index (χ4v) is 9.23. The number of methoxy groups -OCH3 is 1. The summed E-state index contributed by atoms with van der Waals surface area (Å²) >= 11 is 0. The number of hydrogen-bond donors (Lipinski definition) is 1. The minimum Gasteiger partial charge on any atom is -0.455 e. The Balaban J connectivity index is 1.51. The van der Waals surface area contributed by atoms with Gasteiger partial charge in [-0.15, -0.1) is 0 Å². The van der Waals surface area contributed by atoms with Crippen LogP contribution in [-0.4, -0.2) is 79.0 Å². The molecule has 6 rings (SSSR count). The molecule has 0 spiro atoms. The summed E-state index contributed by atoms with van der Waals surface area (Å²) in [6, 6.07) is 4.63. The molecule has 1 saturated heterocycles. The number of carbonyl (C=O) groups excluding carboxylic acids is 4. The minimum absolute atomic E-state index is 0.0187. The molecule has 2 heterocycles. The molecule has 240 valence electrons. The van der Waals surface area contributed by atoms with Gasteiger partial charge in [-0.3, -0.25) is 14.4 Å². The van der Waals surface area contributed by atoms with Crippen LogP contribution in [0, 0.1) is 28.6 Å². The molecule has 0 bridgehead atoms. The fourth-order valence-electron chi connectivity index (χ4n) is 9.23. The van der Waals surface area contributed by atoms with Crippen LogP contribution in [0.1, 0.15) is 70.7 Å². The topological polar surface area (TPSA) is 153 Å². The second-order valence-electron chi connectivity index (χ2n) is 13.4. The Hall–Kier alpha value is -3.22. The highest BCUT2D eigenvalue weighted by molar-refractivity contribution is 5.93. The second-order valence-corrected chi connectivity index (χ2v) is 13.4. The van der Waals surface area contributed by atoms with Gasteiger partial charge in [-0.1, -0.05) is 13.8 Å². The molecule has 1 N–H and O–H groups in total. The number of benzene rings is 1. The van der Waals surface area contributed by atoms with E-state index >= 15 is 0 Å². The Morgan fingerprint density at radius 1 is 0.955 bits per heavy atom. The lowest BCUT2D eigenvalue weighted by Crippen LogP contribution is -2.79. The van der Waals surface area contributed by atoms with E-state index in [9.17, 15) is 24.3 Å². The molecule has 11 atom stereocenters. The van der Waals surface area contributed by atoms with Crippen molar-refractivity contribution in [2.24, 2.45) is 28.6 Å². The summed E-state index contributed by atoms with van der Waals surface area (Å²) in [5, 5.41) is 12.3. The van der Waals surface area contributed by atoms with Crippen LogP contribution >= 0.6 is 0 Å². The highest BCUT2D eigenvalue weighted by Gasteiger charge is 2.76. The number of hydrogen-bond acceptors (Lipinski definition) is 12. The molecular formula is C32H40O12. The summed E-state index contributed by atoms with van der Waals surface area (Å²) in [5.74, 6) is -3.05. The summed E-state index contributed by atoms with van der Waals surface area (Å²) < 4.78 is 40.6. The van der Waals surface area contributed by atoms with Crippen LogP contribution in [0.15, 0.2) is 18.2 Å². The van der Waals surface area contributed by atoms with Crippen molar-refractivity contribution in [2.75, 3.05) is 13.9 Å². The maximum Gasteiger partial charge on any atom is 0.338 e. The number of ketones is 1. The number of rotatable bonds is 5. The van der Waals surface area contributed by atoms with Crippen LogP contribution in [0.5, 0.6) is 11.5 Å². The van der Waals surface area contributed by atoms with Gasteiger partial charge < -0.3 is 38.3 Å². The van der Waals surface area contributed by atoms with Crippen molar-refractivity contribution in [3.8, 4) is 11.5 Å². The summed E-state index contributed by atoms with van der Waals surface area (Å²) in [4.78, 5) is 53.0. The largest absolute Gasteiger partial charge is 0.455 e. The lowest BCUT2D eigenvalue weighted by molar-refractivity contribution is -0.355. The molecule has 0 unspecified atom stereocenters. The minimum atomic E-state index is -1.72. The van der Waals surface area contributed by atoms with E-state index in [-0.39, 0.29) is 30.5 Å². The zero-order valence-corrected chi connectivity index (χ0v) is 25.8. The SMILES string of the molecule is CO[C@@H]1C[C@H]2[C@](C)(O)[C@H](OC(C)=O)[C@@H](OC(=O)c3ccc4c(c3)OCO4)[C@@H]3[C@@]4(C)C(=O)[C@@H](OC(C)=O)CC[C@@H]4C[C@@H](O1)[C@]32C. The van der Waals surface area contributed by atoms with E-state index in [2.05, 4.69) is 0 Å². The molecule has 0 amide bonds. The molecule has 3 aliphatic carbocycles. The van der Waals surface area contributed by atoms with Crippen LogP contribution in [0.4, 0.5) is 0 Å². The molecular weight excluding hydrogens is 576 g/mol. The zero-order valence-electron chi connectivity index (χ0n) is 25.8. The third-order valence-electron chi connectivity index (χ3n) is 11.1. The van der Waals surface area contributed by atoms with E-state index in [1.807, 2.05) is 13.8 Å². The van der Waals surface area contributed by atoms with Crippen molar-refractivity contribution < 1.29 is 57.4 Å². The summed E-state index contributed by atoms with van der Waals surface area (Å²) in [5.41, 5.74) is -3.71.